The Morgan fingerprint density at radius 3 is 2.79 bits per heavy atom. The predicted molar refractivity (Wildman–Crippen MR) is 78.3 cm³/mol. The number of hydrogen-bond donors (Lipinski definition) is 1. The lowest BCUT2D eigenvalue weighted by atomic mass is 10.0. The van der Waals surface area contributed by atoms with Gasteiger partial charge in [-0.25, -0.2) is 0 Å². The Labute approximate surface area is 121 Å². The molecule has 2 rings (SSSR count). The van der Waals surface area contributed by atoms with Gasteiger partial charge in [0.1, 0.15) is 11.9 Å². The van der Waals surface area contributed by atoms with Gasteiger partial charge in [0.25, 0.3) is 0 Å². The Hall–Kier alpha value is -1.39. The number of halogens is 1. The molecular weight excluding hydrogens is 306 g/mol. The van der Waals surface area contributed by atoms with E-state index in [1.807, 2.05) is 37.3 Å². The minimum atomic E-state index is -0.636. The zero-order valence-electron chi connectivity index (χ0n) is 10.9. The van der Waals surface area contributed by atoms with Gasteiger partial charge in [-0.05, 0) is 48.4 Å². The Morgan fingerprint density at radius 1 is 1.32 bits per heavy atom. The van der Waals surface area contributed by atoms with Crippen molar-refractivity contribution in [3.8, 4) is 5.75 Å². The summed E-state index contributed by atoms with van der Waals surface area (Å²) in [4.78, 5) is 4.21. The van der Waals surface area contributed by atoms with Crippen LogP contribution in [0.3, 0.4) is 0 Å². The fourth-order valence-corrected chi connectivity index (χ4v) is 2.37. The molecule has 1 atom stereocenters. The number of aliphatic hydroxyl groups excluding tert-OH is 1. The maximum Gasteiger partial charge on any atom is 0.122 e. The highest BCUT2D eigenvalue weighted by Crippen LogP contribution is 2.27. The number of methoxy groups -OCH3 is 1. The van der Waals surface area contributed by atoms with E-state index in [1.165, 1.54) is 0 Å². The van der Waals surface area contributed by atoms with Crippen molar-refractivity contribution in [2.24, 2.45) is 0 Å². The predicted octanol–water partition coefficient (Wildman–Crippen LogP) is 3.44. The van der Waals surface area contributed by atoms with Gasteiger partial charge in [-0.3, -0.25) is 4.98 Å². The van der Waals surface area contributed by atoms with Gasteiger partial charge in [-0.1, -0.05) is 15.9 Å². The maximum absolute atomic E-state index is 10.3. The zero-order chi connectivity index (χ0) is 13.8. The molecule has 1 aromatic heterocycles. The van der Waals surface area contributed by atoms with Crippen LogP contribution in [0.1, 0.15) is 22.9 Å². The Balaban J connectivity index is 2.23. The van der Waals surface area contributed by atoms with E-state index in [2.05, 4.69) is 20.9 Å². The molecule has 0 aliphatic rings. The molecule has 0 amide bonds. The van der Waals surface area contributed by atoms with Gasteiger partial charge in [0, 0.05) is 17.1 Å². The molecule has 19 heavy (non-hydrogen) atoms. The van der Waals surface area contributed by atoms with E-state index in [4.69, 9.17) is 4.74 Å². The fraction of sp³-hybridized carbons (Fsp3) is 0.267. The number of hydrogen-bond acceptors (Lipinski definition) is 3. The monoisotopic (exact) mass is 321 g/mol. The van der Waals surface area contributed by atoms with E-state index >= 15 is 0 Å². The second kappa shape index (κ2) is 6.17. The van der Waals surface area contributed by atoms with Crippen LogP contribution < -0.4 is 4.74 Å². The van der Waals surface area contributed by atoms with Gasteiger partial charge < -0.3 is 9.84 Å². The van der Waals surface area contributed by atoms with E-state index in [0.717, 1.165) is 21.3 Å². The third-order valence-electron chi connectivity index (χ3n) is 2.93. The Morgan fingerprint density at radius 2 is 2.11 bits per heavy atom. The van der Waals surface area contributed by atoms with Gasteiger partial charge in [0.2, 0.25) is 0 Å². The number of aliphatic hydroxyl groups is 1. The minimum Gasteiger partial charge on any atom is -0.496 e. The van der Waals surface area contributed by atoms with E-state index in [1.54, 1.807) is 13.3 Å². The summed E-state index contributed by atoms with van der Waals surface area (Å²) in [7, 11) is 1.63. The molecule has 0 saturated heterocycles. The topological polar surface area (TPSA) is 42.4 Å². The molecule has 0 aliphatic carbocycles. The first-order valence-corrected chi connectivity index (χ1v) is 6.82. The van der Waals surface area contributed by atoms with Crippen LogP contribution in [0, 0.1) is 6.92 Å². The summed E-state index contributed by atoms with van der Waals surface area (Å²) in [5.74, 6) is 0.773. The van der Waals surface area contributed by atoms with Gasteiger partial charge in [0.15, 0.2) is 0 Å². The van der Waals surface area contributed by atoms with Crippen molar-refractivity contribution >= 4 is 15.9 Å². The van der Waals surface area contributed by atoms with Gasteiger partial charge in [-0.2, -0.15) is 0 Å². The lowest BCUT2D eigenvalue weighted by Crippen LogP contribution is -2.05. The van der Waals surface area contributed by atoms with Crippen LogP contribution in [0.15, 0.2) is 41.0 Å². The number of pyridine rings is 1. The molecule has 0 spiro atoms. The second-order valence-electron chi connectivity index (χ2n) is 4.43. The lowest BCUT2D eigenvalue weighted by Gasteiger charge is -2.14. The van der Waals surface area contributed by atoms with Gasteiger partial charge >= 0.3 is 0 Å². The molecule has 3 nitrogen and oxygen atoms in total. The van der Waals surface area contributed by atoms with E-state index < -0.39 is 6.10 Å². The summed E-state index contributed by atoms with van der Waals surface area (Å²) >= 11 is 3.43. The number of nitrogens with zero attached hydrogens (tertiary/aromatic N) is 1. The highest BCUT2D eigenvalue weighted by molar-refractivity contribution is 9.10. The van der Waals surface area contributed by atoms with Crippen LogP contribution in [0.4, 0.5) is 0 Å². The molecular formula is C15H16BrNO2. The number of aryl methyl sites for hydroxylation is 1. The lowest BCUT2D eigenvalue weighted by molar-refractivity contribution is 0.172. The number of ether oxygens (including phenoxy) is 1. The van der Waals surface area contributed by atoms with E-state index in [9.17, 15) is 5.11 Å². The molecule has 0 bridgehead atoms. The molecule has 2 aromatic rings. The molecule has 0 saturated carbocycles. The summed E-state index contributed by atoms with van der Waals surface area (Å²) in [5, 5.41) is 10.3. The van der Waals surface area contributed by atoms with Crippen molar-refractivity contribution < 1.29 is 9.84 Å². The first-order valence-electron chi connectivity index (χ1n) is 6.03. The third-order valence-corrected chi connectivity index (χ3v) is 3.43. The minimum absolute atomic E-state index is 0.471. The van der Waals surface area contributed by atoms with E-state index in [0.29, 0.717) is 12.1 Å². The van der Waals surface area contributed by atoms with Crippen molar-refractivity contribution in [2.45, 2.75) is 19.4 Å². The largest absolute Gasteiger partial charge is 0.496 e. The standard InChI is InChI=1S/C15H16BrNO2/c1-10-5-6-17-13(7-10)14(18)9-11-8-12(16)3-4-15(11)19-2/h3-8,14,18H,9H2,1-2H3. The SMILES string of the molecule is COc1ccc(Br)cc1CC(O)c1cc(C)ccn1. The molecule has 1 aromatic carbocycles. The smallest absolute Gasteiger partial charge is 0.122 e. The summed E-state index contributed by atoms with van der Waals surface area (Å²) in [5.41, 5.74) is 2.72. The van der Waals surface area contributed by atoms with Crippen molar-refractivity contribution in [3.05, 3.63) is 57.8 Å². The quantitative estimate of drug-likeness (QED) is 0.938. The van der Waals surface area contributed by atoms with Gasteiger partial charge in [0.05, 0.1) is 12.8 Å². The highest BCUT2D eigenvalue weighted by Gasteiger charge is 2.13. The van der Waals surface area contributed by atoms with Crippen LogP contribution in [0.5, 0.6) is 5.75 Å². The van der Waals surface area contributed by atoms with Crippen LogP contribution >= 0.6 is 15.9 Å². The normalized spacial score (nSPS) is 12.2. The molecule has 1 unspecified atom stereocenters. The highest BCUT2D eigenvalue weighted by atomic mass is 79.9. The summed E-state index contributed by atoms with van der Waals surface area (Å²) in [6.07, 6.45) is 1.55. The van der Waals surface area contributed by atoms with Crippen molar-refractivity contribution in [3.63, 3.8) is 0 Å². The summed E-state index contributed by atoms with van der Waals surface area (Å²) in [6.45, 7) is 1.98. The summed E-state index contributed by atoms with van der Waals surface area (Å²) < 4.78 is 6.27. The first-order chi connectivity index (χ1) is 9.10. The molecule has 0 fully saturated rings. The number of rotatable bonds is 4. The summed E-state index contributed by atoms with van der Waals surface area (Å²) in [6, 6.07) is 9.57. The molecule has 1 N–H and O–H groups in total. The van der Waals surface area contributed by atoms with Crippen molar-refractivity contribution in [1.29, 1.82) is 0 Å². The maximum atomic E-state index is 10.3. The van der Waals surface area contributed by atoms with E-state index in [-0.39, 0.29) is 0 Å². The van der Waals surface area contributed by atoms with Crippen LogP contribution in [0.2, 0.25) is 0 Å². The first kappa shape index (κ1) is 14.0. The number of benzene rings is 1. The third kappa shape index (κ3) is 3.55. The average Bonchev–Trinajstić information content (AvgIpc) is 2.39. The van der Waals surface area contributed by atoms with Crippen molar-refractivity contribution in [1.82, 2.24) is 4.98 Å². The Kier molecular flexibility index (Phi) is 4.56. The molecule has 100 valence electrons. The fourth-order valence-electron chi connectivity index (χ4n) is 1.96. The second-order valence-corrected chi connectivity index (χ2v) is 5.35. The molecule has 4 heteroatoms. The molecule has 0 radical (unpaired) electrons. The molecule has 0 aliphatic heterocycles. The Bertz CT molecular complexity index is 572. The zero-order valence-corrected chi connectivity index (χ0v) is 12.5. The number of aromatic nitrogens is 1. The molecule has 1 heterocycles. The van der Waals surface area contributed by atoms with Crippen LogP contribution in [-0.2, 0) is 6.42 Å². The average molecular weight is 322 g/mol. The van der Waals surface area contributed by atoms with Gasteiger partial charge in [-0.15, -0.1) is 0 Å². The van der Waals surface area contributed by atoms with Crippen LogP contribution in [-0.4, -0.2) is 17.2 Å². The van der Waals surface area contributed by atoms with Crippen molar-refractivity contribution in [2.75, 3.05) is 7.11 Å². The van der Waals surface area contributed by atoms with Crippen LogP contribution in [0.25, 0.3) is 0 Å².